The zero-order valence-corrected chi connectivity index (χ0v) is 16.2. The predicted molar refractivity (Wildman–Crippen MR) is 99.3 cm³/mol. The Bertz CT molecular complexity index is 867. The maximum Gasteiger partial charge on any atom is 0.264 e. The second-order valence-corrected chi connectivity index (χ2v) is 8.17. The molecule has 0 unspecified atom stereocenters. The van der Waals surface area contributed by atoms with Crippen LogP contribution in [-0.4, -0.2) is 37.8 Å². The Balaban J connectivity index is 2.20. The molecule has 1 aromatic carbocycles. The van der Waals surface area contributed by atoms with Gasteiger partial charge in [-0.3, -0.25) is 9.52 Å². The van der Waals surface area contributed by atoms with Crippen molar-refractivity contribution < 1.29 is 13.2 Å². The molecule has 0 spiro atoms. The van der Waals surface area contributed by atoms with Crippen LogP contribution in [0.4, 0.5) is 5.13 Å². The number of aromatic nitrogens is 1. The number of likely N-dealkylation sites (N-methyl/N-ethyl adjacent to an activating group) is 1. The highest BCUT2D eigenvalue weighted by Gasteiger charge is 2.21. The van der Waals surface area contributed by atoms with E-state index in [1.165, 1.54) is 6.07 Å². The van der Waals surface area contributed by atoms with Crippen molar-refractivity contribution in [3.63, 3.8) is 0 Å². The molecule has 3 N–H and O–H groups in total. The Morgan fingerprint density at radius 1 is 1.44 bits per heavy atom. The van der Waals surface area contributed by atoms with Gasteiger partial charge in [0.15, 0.2) is 5.13 Å². The summed E-state index contributed by atoms with van der Waals surface area (Å²) < 4.78 is 27.6. The lowest BCUT2D eigenvalue weighted by atomic mass is 10.2. The van der Waals surface area contributed by atoms with Crippen LogP contribution in [0.5, 0.6) is 0 Å². The number of hydrogen-bond acceptors (Lipinski definition) is 6. The molecule has 0 aliphatic heterocycles. The van der Waals surface area contributed by atoms with E-state index in [1.807, 2.05) is 6.92 Å². The maximum absolute atomic E-state index is 12.6. The van der Waals surface area contributed by atoms with Gasteiger partial charge in [0, 0.05) is 36.1 Å². The third kappa shape index (κ3) is 4.69. The Hall–Kier alpha value is -1.68. The zero-order valence-electron chi connectivity index (χ0n) is 13.8. The van der Waals surface area contributed by atoms with Gasteiger partial charge in [0.05, 0.1) is 17.0 Å². The fourth-order valence-corrected chi connectivity index (χ4v) is 4.60. The summed E-state index contributed by atoms with van der Waals surface area (Å²) in [7, 11) is -2.18. The number of amides is 1. The number of carbonyl (C=O) groups excluding carboxylic acids is 1. The molecule has 0 fully saturated rings. The average molecular weight is 403 g/mol. The van der Waals surface area contributed by atoms with Gasteiger partial charge in [-0.05, 0) is 19.1 Å². The zero-order chi connectivity index (χ0) is 18.6. The second-order valence-electron chi connectivity index (χ2n) is 5.25. The number of benzene rings is 1. The molecular weight excluding hydrogens is 384 g/mol. The van der Waals surface area contributed by atoms with Crippen LogP contribution in [0.1, 0.15) is 18.2 Å². The molecule has 0 bridgehead atoms. The Morgan fingerprint density at radius 2 is 2.16 bits per heavy atom. The first-order chi connectivity index (χ1) is 11.8. The highest BCUT2D eigenvalue weighted by Crippen LogP contribution is 2.26. The third-order valence-corrected chi connectivity index (χ3v) is 6.29. The van der Waals surface area contributed by atoms with E-state index in [4.69, 9.17) is 17.3 Å². The van der Waals surface area contributed by atoms with Crippen LogP contribution in [0, 0.1) is 0 Å². The number of hydrogen-bond donors (Lipinski definition) is 2. The summed E-state index contributed by atoms with van der Waals surface area (Å²) in [6.45, 7) is 2.47. The standard InChI is InChI=1S/C15H19ClN4O3S2/c1-3-20(2)14(21)7-10-9-24-15(18-10)19-25(22,23)13-6-4-5-12(16)11(13)8-17/h4-6,9H,3,7-8,17H2,1-2H3,(H,18,19). The lowest BCUT2D eigenvalue weighted by molar-refractivity contribution is -0.129. The van der Waals surface area contributed by atoms with Crippen LogP contribution in [0.3, 0.4) is 0 Å². The van der Waals surface area contributed by atoms with E-state index in [-0.39, 0.29) is 28.9 Å². The summed E-state index contributed by atoms with van der Waals surface area (Å²) in [6, 6.07) is 4.56. The summed E-state index contributed by atoms with van der Waals surface area (Å²) in [5, 5.41) is 2.13. The monoisotopic (exact) mass is 402 g/mol. The molecule has 0 aliphatic rings. The quantitative estimate of drug-likeness (QED) is 0.737. The van der Waals surface area contributed by atoms with Crippen LogP contribution < -0.4 is 10.5 Å². The van der Waals surface area contributed by atoms with Crippen molar-refractivity contribution in [2.75, 3.05) is 18.3 Å². The molecule has 1 amide bonds. The number of sulfonamides is 1. The normalized spacial score (nSPS) is 11.4. The van der Waals surface area contributed by atoms with Gasteiger partial charge >= 0.3 is 0 Å². The molecule has 0 saturated carbocycles. The lowest BCUT2D eigenvalue weighted by Crippen LogP contribution is -2.27. The van der Waals surface area contributed by atoms with Crippen LogP contribution in [0.15, 0.2) is 28.5 Å². The number of thiazole rings is 1. The smallest absolute Gasteiger partial charge is 0.264 e. The van der Waals surface area contributed by atoms with Crippen LogP contribution in [-0.2, 0) is 27.8 Å². The van der Waals surface area contributed by atoms with Gasteiger partial charge in [0.1, 0.15) is 0 Å². The van der Waals surface area contributed by atoms with Crippen molar-refractivity contribution in [1.82, 2.24) is 9.88 Å². The van der Waals surface area contributed by atoms with Gasteiger partial charge in [-0.1, -0.05) is 17.7 Å². The first-order valence-corrected chi connectivity index (χ1v) is 10.2. The topological polar surface area (TPSA) is 105 Å². The van der Waals surface area contributed by atoms with E-state index >= 15 is 0 Å². The molecule has 0 aliphatic carbocycles. The van der Waals surface area contributed by atoms with Gasteiger partial charge in [-0.2, -0.15) is 0 Å². The molecule has 0 radical (unpaired) electrons. The van der Waals surface area contributed by atoms with Crippen molar-refractivity contribution in [2.45, 2.75) is 24.8 Å². The van der Waals surface area contributed by atoms with Crippen molar-refractivity contribution in [3.05, 3.63) is 39.9 Å². The molecule has 1 heterocycles. The minimum Gasteiger partial charge on any atom is -0.346 e. The minimum atomic E-state index is -3.88. The van der Waals surface area contributed by atoms with Crippen LogP contribution in [0.25, 0.3) is 0 Å². The van der Waals surface area contributed by atoms with Gasteiger partial charge < -0.3 is 10.6 Å². The molecule has 136 valence electrons. The van der Waals surface area contributed by atoms with Gasteiger partial charge in [0.25, 0.3) is 10.0 Å². The second kappa shape index (κ2) is 8.13. The van der Waals surface area contributed by atoms with E-state index in [2.05, 4.69) is 9.71 Å². The van der Waals surface area contributed by atoms with Crippen molar-refractivity contribution in [3.8, 4) is 0 Å². The largest absolute Gasteiger partial charge is 0.346 e. The van der Waals surface area contributed by atoms with E-state index in [9.17, 15) is 13.2 Å². The van der Waals surface area contributed by atoms with Gasteiger partial charge in [0.2, 0.25) is 5.91 Å². The summed E-state index contributed by atoms with van der Waals surface area (Å²) in [5.41, 5.74) is 6.46. The summed E-state index contributed by atoms with van der Waals surface area (Å²) in [6.07, 6.45) is 0.119. The molecule has 7 nitrogen and oxygen atoms in total. The number of nitrogens with zero attached hydrogens (tertiary/aromatic N) is 2. The van der Waals surface area contributed by atoms with Gasteiger partial charge in [-0.25, -0.2) is 13.4 Å². The molecule has 0 atom stereocenters. The fraction of sp³-hybridized carbons (Fsp3) is 0.333. The van der Waals surface area contributed by atoms with Crippen molar-refractivity contribution in [1.29, 1.82) is 0 Å². The number of anilines is 1. The van der Waals surface area contributed by atoms with E-state index in [0.717, 1.165) is 11.3 Å². The Kier molecular flexibility index (Phi) is 6.39. The molecule has 10 heteroatoms. The van der Waals surface area contributed by atoms with Crippen molar-refractivity contribution in [2.24, 2.45) is 5.73 Å². The first kappa shape index (κ1) is 19.6. The minimum absolute atomic E-state index is 0.00309. The maximum atomic E-state index is 12.6. The van der Waals surface area contributed by atoms with Crippen LogP contribution >= 0.6 is 22.9 Å². The average Bonchev–Trinajstić information content (AvgIpc) is 2.99. The molecular formula is C15H19ClN4O3S2. The summed E-state index contributed by atoms with van der Waals surface area (Å²) in [4.78, 5) is 17.7. The molecule has 0 saturated heterocycles. The number of rotatable bonds is 7. The van der Waals surface area contributed by atoms with E-state index < -0.39 is 10.0 Å². The first-order valence-electron chi connectivity index (χ1n) is 7.47. The molecule has 2 aromatic rings. The van der Waals surface area contributed by atoms with Crippen LogP contribution in [0.2, 0.25) is 5.02 Å². The van der Waals surface area contributed by atoms with E-state index in [0.29, 0.717) is 22.8 Å². The summed E-state index contributed by atoms with van der Waals surface area (Å²) >= 11 is 7.13. The van der Waals surface area contributed by atoms with E-state index in [1.54, 1.807) is 29.5 Å². The highest BCUT2D eigenvalue weighted by molar-refractivity contribution is 7.93. The van der Waals surface area contributed by atoms with Gasteiger partial charge in [-0.15, -0.1) is 11.3 Å². The number of nitrogens with one attached hydrogen (secondary N) is 1. The molecule has 2 rings (SSSR count). The van der Waals surface area contributed by atoms with Crippen molar-refractivity contribution >= 4 is 44.0 Å². The third-order valence-electron chi connectivity index (χ3n) is 3.58. The Labute approximate surface area is 155 Å². The fourth-order valence-electron chi connectivity index (χ4n) is 2.06. The molecule has 1 aromatic heterocycles. The predicted octanol–water partition coefficient (Wildman–Crippen LogP) is 2.08. The molecule has 25 heavy (non-hydrogen) atoms. The number of nitrogens with two attached hydrogens (primary N) is 1. The lowest BCUT2D eigenvalue weighted by Gasteiger charge is -2.13. The number of carbonyl (C=O) groups is 1. The SMILES string of the molecule is CCN(C)C(=O)Cc1csc(NS(=O)(=O)c2cccc(Cl)c2CN)n1. The Morgan fingerprint density at radius 3 is 2.80 bits per heavy atom. The number of halogens is 1. The summed E-state index contributed by atoms with van der Waals surface area (Å²) in [5.74, 6) is -0.0810. The highest BCUT2D eigenvalue weighted by atomic mass is 35.5.